The molecule has 0 spiro atoms. The fourth-order valence-corrected chi connectivity index (χ4v) is 5.18. The zero-order chi connectivity index (χ0) is 18.0. The number of carbonyl (C=O) groups is 1. The smallest absolute Gasteiger partial charge is 0.341 e. The van der Waals surface area contributed by atoms with Crippen LogP contribution in [0.2, 0.25) is 0 Å². The topological polar surface area (TPSA) is 50.4 Å². The third-order valence-corrected chi connectivity index (χ3v) is 6.56. The highest BCUT2D eigenvalue weighted by molar-refractivity contribution is 14.1. The Morgan fingerprint density at radius 2 is 2.12 bits per heavy atom. The summed E-state index contributed by atoms with van der Waals surface area (Å²) in [6.45, 7) is 2.25. The summed E-state index contributed by atoms with van der Waals surface area (Å²) in [6.07, 6.45) is 3.01. The molecule has 0 bridgehead atoms. The first-order valence-electron chi connectivity index (χ1n) is 8.05. The van der Waals surface area contributed by atoms with Gasteiger partial charge < -0.3 is 15.4 Å². The molecule has 1 heterocycles. The van der Waals surface area contributed by atoms with Crippen molar-refractivity contribution in [3.8, 4) is 0 Å². The minimum absolute atomic E-state index is 0.299. The number of esters is 1. The Kier molecular flexibility index (Phi) is 5.96. The van der Waals surface area contributed by atoms with E-state index in [4.69, 9.17) is 17.0 Å². The van der Waals surface area contributed by atoms with Crippen molar-refractivity contribution >= 4 is 67.9 Å². The number of methoxy groups -OCH3 is 1. The van der Waals surface area contributed by atoms with Crippen LogP contribution in [-0.4, -0.2) is 18.2 Å². The van der Waals surface area contributed by atoms with Crippen LogP contribution in [0.1, 0.15) is 34.1 Å². The standard InChI is InChI=1S/C18H19IN2O2S2/c1-10-7-8-11-14(9-10)25-16(15(11)17(22)23-2)21-18(24)20-13-6-4-3-5-12(13)19/h3-6,10H,7-9H2,1-2H3,(H2,20,21,24). The summed E-state index contributed by atoms with van der Waals surface area (Å²) in [7, 11) is 1.42. The molecule has 25 heavy (non-hydrogen) atoms. The molecule has 1 aliphatic carbocycles. The summed E-state index contributed by atoms with van der Waals surface area (Å²) in [4.78, 5) is 13.6. The fourth-order valence-electron chi connectivity index (χ4n) is 2.98. The number of ether oxygens (including phenoxy) is 1. The molecule has 0 aliphatic heterocycles. The van der Waals surface area contributed by atoms with Crippen LogP contribution >= 0.6 is 46.1 Å². The third-order valence-electron chi connectivity index (χ3n) is 4.25. The van der Waals surface area contributed by atoms with Gasteiger partial charge in [0.15, 0.2) is 5.11 Å². The fraction of sp³-hybridized carbons (Fsp3) is 0.333. The molecule has 7 heteroatoms. The second kappa shape index (κ2) is 8.01. The lowest BCUT2D eigenvalue weighted by Crippen LogP contribution is -2.21. The van der Waals surface area contributed by atoms with E-state index in [2.05, 4.69) is 40.1 Å². The lowest BCUT2D eigenvalue weighted by atomic mass is 9.88. The zero-order valence-electron chi connectivity index (χ0n) is 14.0. The molecule has 3 rings (SSSR count). The summed E-state index contributed by atoms with van der Waals surface area (Å²) in [5.41, 5.74) is 2.70. The SMILES string of the molecule is COC(=O)c1c(NC(=S)Nc2ccccc2I)sc2c1CCC(C)C2. The van der Waals surface area contributed by atoms with E-state index in [1.165, 1.54) is 12.0 Å². The quantitative estimate of drug-likeness (QED) is 0.361. The molecule has 0 saturated carbocycles. The summed E-state index contributed by atoms with van der Waals surface area (Å²) >= 11 is 9.32. The molecular formula is C18H19IN2O2S2. The largest absolute Gasteiger partial charge is 0.465 e. The molecule has 2 N–H and O–H groups in total. The lowest BCUT2D eigenvalue weighted by Gasteiger charge is -2.18. The number of para-hydroxylation sites is 1. The maximum absolute atomic E-state index is 12.3. The molecule has 1 aromatic carbocycles. The van der Waals surface area contributed by atoms with E-state index >= 15 is 0 Å². The normalized spacial score (nSPS) is 16.0. The molecule has 0 fully saturated rings. The van der Waals surface area contributed by atoms with Gasteiger partial charge in [0.25, 0.3) is 0 Å². The number of benzene rings is 1. The minimum Gasteiger partial charge on any atom is -0.465 e. The van der Waals surface area contributed by atoms with Gasteiger partial charge in [-0.2, -0.15) is 0 Å². The van der Waals surface area contributed by atoms with Crippen molar-refractivity contribution in [3.63, 3.8) is 0 Å². The highest BCUT2D eigenvalue weighted by atomic mass is 127. The van der Waals surface area contributed by atoms with E-state index in [-0.39, 0.29) is 5.97 Å². The van der Waals surface area contributed by atoms with Gasteiger partial charge in [0, 0.05) is 8.45 Å². The van der Waals surface area contributed by atoms with Gasteiger partial charge in [-0.1, -0.05) is 19.1 Å². The summed E-state index contributed by atoms with van der Waals surface area (Å²) in [5.74, 6) is 0.340. The number of nitrogens with one attached hydrogen (secondary N) is 2. The first-order valence-corrected chi connectivity index (χ1v) is 10.3. The number of halogens is 1. The van der Waals surface area contributed by atoms with Crippen LogP contribution < -0.4 is 10.6 Å². The third kappa shape index (κ3) is 4.15. The summed E-state index contributed by atoms with van der Waals surface area (Å²) in [5, 5.41) is 7.65. The van der Waals surface area contributed by atoms with E-state index in [0.717, 1.165) is 39.1 Å². The predicted octanol–water partition coefficient (Wildman–Crippen LogP) is 5.07. The van der Waals surface area contributed by atoms with E-state index < -0.39 is 0 Å². The van der Waals surface area contributed by atoms with Crippen LogP contribution in [0.5, 0.6) is 0 Å². The first kappa shape index (κ1) is 18.6. The lowest BCUT2D eigenvalue weighted by molar-refractivity contribution is 0.0601. The van der Waals surface area contributed by atoms with E-state index in [0.29, 0.717) is 16.6 Å². The van der Waals surface area contributed by atoms with Gasteiger partial charge >= 0.3 is 5.97 Å². The number of thiocarbonyl (C=S) groups is 1. The van der Waals surface area contributed by atoms with Crippen LogP contribution in [0, 0.1) is 9.49 Å². The van der Waals surface area contributed by atoms with E-state index in [9.17, 15) is 4.79 Å². The number of hydrogen-bond donors (Lipinski definition) is 2. The van der Waals surface area contributed by atoms with Gasteiger partial charge in [-0.3, -0.25) is 0 Å². The summed E-state index contributed by atoms with van der Waals surface area (Å²) < 4.78 is 6.09. The van der Waals surface area contributed by atoms with Gasteiger partial charge in [-0.05, 0) is 77.7 Å². The second-order valence-corrected chi connectivity index (χ2v) is 8.78. The highest BCUT2D eigenvalue weighted by Crippen LogP contribution is 2.40. The molecule has 1 atom stereocenters. The number of rotatable bonds is 3. The van der Waals surface area contributed by atoms with Crippen molar-refractivity contribution in [1.29, 1.82) is 0 Å². The molecule has 4 nitrogen and oxygen atoms in total. The van der Waals surface area contributed by atoms with Crippen molar-refractivity contribution < 1.29 is 9.53 Å². The average Bonchev–Trinajstić information content (AvgIpc) is 2.92. The molecule has 0 radical (unpaired) electrons. The molecular weight excluding hydrogens is 467 g/mol. The molecule has 132 valence electrons. The van der Waals surface area contributed by atoms with Crippen molar-refractivity contribution in [1.82, 2.24) is 0 Å². The summed E-state index contributed by atoms with van der Waals surface area (Å²) in [6, 6.07) is 7.92. The number of hydrogen-bond acceptors (Lipinski definition) is 4. The Labute approximate surface area is 170 Å². The maximum Gasteiger partial charge on any atom is 0.341 e. The van der Waals surface area contributed by atoms with E-state index in [1.807, 2.05) is 24.3 Å². The van der Waals surface area contributed by atoms with Gasteiger partial charge in [0.05, 0.1) is 18.4 Å². The van der Waals surface area contributed by atoms with Gasteiger partial charge in [-0.15, -0.1) is 11.3 Å². The zero-order valence-corrected chi connectivity index (χ0v) is 17.8. The number of carbonyl (C=O) groups excluding carboxylic acids is 1. The Bertz CT molecular complexity index is 819. The molecule has 1 unspecified atom stereocenters. The van der Waals surface area contributed by atoms with Crippen molar-refractivity contribution in [2.75, 3.05) is 17.7 Å². The number of anilines is 2. The van der Waals surface area contributed by atoms with E-state index in [1.54, 1.807) is 11.3 Å². The Balaban J connectivity index is 1.85. The van der Waals surface area contributed by atoms with Crippen LogP contribution in [0.4, 0.5) is 10.7 Å². The molecule has 0 amide bonds. The Morgan fingerprint density at radius 3 is 2.84 bits per heavy atom. The van der Waals surface area contributed by atoms with Crippen molar-refractivity contribution in [2.24, 2.45) is 5.92 Å². The molecule has 2 aromatic rings. The van der Waals surface area contributed by atoms with Crippen LogP contribution in [0.3, 0.4) is 0 Å². The van der Waals surface area contributed by atoms with Gasteiger partial charge in [0.2, 0.25) is 0 Å². The van der Waals surface area contributed by atoms with Crippen LogP contribution in [0.15, 0.2) is 24.3 Å². The first-order chi connectivity index (χ1) is 12.0. The Hall–Kier alpha value is -1.19. The number of thiophene rings is 1. The Morgan fingerprint density at radius 1 is 1.36 bits per heavy atom. The molecule has 1 aliphatic rings. The van der Waals surface area contributed by atoms with Gasteiger partial charge in [-0.25, -0.2) is 4.79 Å². The predicted molar refractivity (Wildman–Crippen MR) is 116 cm³/mol. The van der Waals surface area contributed by atoms with Crippen molar-refractivity contribution in [3.05, 3.63) is 43.8 Å². The second-order valence-electron chi connectivity index (χ2n) is 6.11. The van der Waals surface area contributed by atoms with Gasteiger partial charge in [0.1, 0.15) is 5.00 Å². The monoisotopic (exact) mass is 486 g/mol. The van der Waals surface area contributed by atoms with Crippen molar-refractivity contribution in [2.45, 2.75) is 26.2 Å². The van der Waals surface area contributed by atoms with Crippen LogP contribution in [0.25, 0.3) is 0 Å². The minimum atomic E-state index is -0.299. The van der Waals surface area contributed by atoms with Crippen LogP contribution in [-0.2, 0) is 17.6 Å². The maximum atomic E-state index is 12.3. The average molecular weight is 486 g/mol. The highest BCUT2D eigenvalue weighted by Gasteiger charge is 2.28. The molecule has 1 aromatic heterocycles. The molecule has 0 saturated heterocycles. The number of fused-ring (bicyclic) bond motifs is 1.